The van der Waals surface area contributed by atoms with Crippen LogP contribution in [0.5, 0.6) is 0 Å². The molecule has 0 spiro atoms. The molecule has 1 N–H and O–H groups in total. The average molecular weight is 317 g/mol. The summed E-state index contributed by atoms with van der Waals surface area (Å²) in [6, 6.07) is 15.9. The summed E-state index contributed by atoms with van der Waals surface area (Å²) in [5, 5.41) is 2.89. The Morgan fingerprint density at radius 3 is 2.71 bits per heavy atom. The first kappa shape index (κ1) is 14.7. The molecule has 0 aliphatic carbocycles. The zero-order valence-electron chi connectivity index (χ0n) is 13.4. The molecule has 2 aromatic carbocycles. The summed E-state index contributed by atoms with van der Waals surface area (Å²) in [6.45, 7) is 2.01. The molecule has 2 heterocycles. The molecule has 2 aliphatic heterocycles. The van der Waals surface area contributed by atoms with Gasteiger partial charge in [-0.1, -0.05) is 30.4 Å². The quantitative estimate of drug-likeness (QED) is 0.689. The molecule has 0 saturated heterocycles. The molecule has 1 amide bonds. The van der Waals surface area contributed by atoms with E-state index in [1.807, 2.05) is 36.4 Å². The Balaban J connectivity index is 1.50. The number of amides is 1. The highest BCUT2D eigenvalue weighted by Gasteiger charge is 2.28. The van der Waals surface area contributed by atoms with Gasteiger partial charge in [0.1, 0.15) is 5.92 Å². The summed E-state index contributed by atoms with van der Waals surface area (Å²) in [5.74, 6) is -0.329. The molecule has 2 aromatic rings. The zero-order valence-corrected chi connectivity index (χ0v) is 13.4. The molecular formula is C20H19N3O. The Kier molecular flexibility index (Phi) is 3.87. The lowest BCUT2D eigenvalue weighted by Crippen LogP contribution is -2.26. The number of benzene rings is 2. The molecule has 1 unspecified atom stereocenters. The van der Waals surface area contributed by atoms with E-state index < -0.39 is 0 Å². The SMILES string of the molecule is O=C1Nc2ccccc2C1C=Nc1ccc(N2CC=CCC2)cc1. The van der Waals surface area contributed by atoms with Crippen LogP contribution < -0.4 is 10.2 Å². The number of carbonyl (C=O) groups is 1. The van der Waals surface area contributed by atoms with Gasteiger partial charge in [-0.2, -0.15) is 0 Å². The van der Waals surface area contributed by atoms with Crippen molar-refractivity contribution >= 4 is 29.2 Å². The third kappa shape index (κ3) is 2.83. The second-order valence-electron chi connectivity index (χ2n) is 6.05. The number of hydrogen-bond donors (Lipinski definition) is 1. The summed E-state index contributed by atoms with van der Waals surface area (Å²) in [7, 11) is 0. The Hall–Kier alpha value is -2.88. The van der Waals surface area contributed by atoms with Crippen LogP contribution in [0.3, 0.4) is 0 Å². The lowest BCUT2D eigenvalue weighted by molar-refractivity contribution is -0.115. The monoisotopic (exact) mass is 317 g/mol. The number of fused-ring (bicyclic) bond motifs is 1. The van der Waals surface area contributed by atoms with Gasteiger partial charge in [0, 0.05) is 30.7 Å². The van der Waals surface area contributed by atoms with E-state index >= 15 is 0 Å². The van der Waals surface area contributed by atoms with E-state index in [4.69, 9.17) is 0 Å². The number of para-hydroxylation sites is 1. The summed E-state index contributed by atoms with van der Waals surface area (Å²) in [6.07, 6.45) is 7.25. The van der Waals surface area contributed by atoms with Gasteiger partial charge < -0.3 is 10.2 Å². The van der Waals surface area contributed by atoms with Gasteiger partial charge in [-0.15, -0.1) is 0 Å². The topological polar surface area (TPSA) is 44.7 Å². The third-order valence-corrected chi connectivity index (χ3v) is 4.48. The highest BCUT2D eigenvalue weighted by molar-refractivity contribution is 6.12. The van der Waals surface area contributed by atoms with Gasteiger partial charge in [-0.25, -0.2) is 0 Å². The van der Waals surface area contributed by atoms with Crippen LogP contribution in [0.2, 0.25) is 0 Å². The minimum absolute atomic E-state index is 0.0170. The molecule has 0 aromatic heterocycles. The van der Waals surface area contributed by atoms with Crippen molar-refractivity contribution in [3.05, 3.63) is 66.2 Å². The summed E-state index contributed by atoms with van der Waals surface area (Å²) in [5.41, 5.74) is 3.95. The van der Waals surface area contributed by atoms with E-state index in [1.54, 1.807) is 6.21 Å². The minimum atomic E-state index is -0.312. The molecule has 24 heavy (non-hydrogen) atoms. The highest BCUT2D eigenvalue weighted by atomic mass is 16.2. The van der Waals surface area contributed by atoms with E-state index in [1.165, 1.54) is 5.69 Å². The number of anilines is 2. The second-order valence-corrected chi connectivity index (χ2v) is 6.05. The number of nitrogens with one attached hydrogen (secondary N) is 1. The lowest BCUT2D eigenvalue weighted by Gasteiger charge is -2.25. The van der Waals surface area contributed by atoms with Gasteiger partial charge >= 0.3 is 0 Å². The molecule has 2 aliphatic rings. The summed E-state index contributed by atoms with van der Waals surface area (Å²) < 4.78 is 0. The van der Waals surface area contributed by atoms with Crippen molar-refractivity contribution in [1.82, 2.24) is 0 Å². The van der Waals surface area contributed by atoms with Crippen LogP contribution in [0.25, 0.3) is 0 Å². The number of carbonyl (C=O) groups excluding carboxylic acids is 1. The van der Waals surface area contributed by atoms with Crippen molar-refractivity contribution in [2.75, 3.05) is 23.3 Å². The lowest BCUT2D eigenvalue weighted by atomic mass is 10.0. The van der Waals surface area contributed by atoms with E-state index in [-0.39, 0.29) is 11.8 Å². The summed E-state index contributed by atoms with van der Waals surface area (Å²) >= 11 is 0. The minimum Gasteiger partial charge on any atom is -0.367 e. The van der Waals surface area contributed by atoms with Gasteiger partial charge in [-0.05, 0) is 42.3 Å². The first-order valence-corrected chi connectivity index (χ1v) is 8.25. The number of hydrogen-bond acceptors (Lipinski definition) is 3. The molecule has 1 atom stereocenters. The molecule has 120 valence electrons. The average Bonchev–Trinajstić information content (AvgIpc) is 2.96. The van der Waals surface area contributed by atoms with Crippen LogP contribution in [0, 0.1) is 0 Å². The predicted octanol–water partition coefficient (Wildman–Crippen LogP) is 3.89. The van der Waals surface area contributed by atoms with Gasteiger partial charge in [0.15, 0.2) is 0 Å². The number of rotatable bonds is 3. The van der Waals surface area contributed by atoms with Gasteiger partial charge in [0.25, 0.3) is 0 Å². The third-order valence-electron chi connectivity index (χ3n) is 4.48. The van der Waals surface area contributed by atoms with Crippen LogP contribution in [-0.4, -0.2) is 25.2 Å². The van der Waals surface area contributed by atoms with Crippen molar-refractivity contribution in [1.29, 1.82) is 0 Å². The van der Waals surface area contributed by atoms with Crippen molar-refractivity contribution in [2.24, 2.45) is 4.99 Å². The standard InChI is InChI=1S/C20H19N3O/c24-20-18(17-6-2-3-7-19(17)22-20)14-21-15-8-10-16(11-9-15)23-12-4-1-5-13-23/h1-4,6-11,14,18H,5,12-13H2,(H,22,24). The molecule has 0 saturated carbocycles. The van der Waals surface area contributed by atoms with E-state index in [0.29, 0.717) is 0 Å². The van der Waals surface area contributed by atoms with Crippen LogP contribution >= 0.6 is 0 Å². The highest BCUT2D eigenvalue weighted by Crippen LogP contribution is 2.31. The van der Waals surface area contributed by atoms with Crippen molar-refractivity contribution in [3.63, 3.8) is 0 Å². The van der Waals surface area contributed by atoms with E-state index in [2.05, 4.69) is 39.5 Å². The molecule has 4 nitrogen and oxygen atoms in total. The maximum absolute atomic E-state index is 12.1. The fourth-order valence-corrected chi connectivity index (χ4v) is 3.17. The van der Waals surface area contributed by atoms with Gasteiger partial charge in [0.2, 0.25) is 5.91 Å². The van der Waals surface area contributed by atoms with Crippen molar-refractivity contribution < 1.29 is 4.79 Å². The van der Waals surface area contributed by atoms with Crippen molar-refractivity contribution in [3.8, 4) is 0 Å². The van der Waals surface area contributed by atoms with Crippen molar-refractivity contribution in [2.45, 2.75) is 12.3 Å². The van der Waals surface area contributed by atoms with Crippen LogP contribution in [0.4, 0.5) is 17.1 Å². The Labute approximate surface area is 141 Å². The molecular weight excluding hydrogens is 298 g/mol. The molecule has 0 radical (unpaired) electrons. The maximum atomic E-state index is 12.1. The normalized spacial score (nSPS) is 19.6. The number of aliphatic imine (C=N–C) groups is 1. The van der Waals surface area contributed by atoms with E-state index in [0.717, 1.165) is 36.4 Å². The molecule has 0 fully saturated rings. The Morgan fingerprint density at radius 1 is 1.08 bits per heavy atom. The zero-order chi connectivity index (χ0) is 16.4. The molecule has 4 heteroatoms. The molecule has 0 bridgehead atoms. The first-order valence-electron chi connectivity index (χ1n) is 8.25. The van der Waals surface area contributed by atoms with Gasteiger partial charge in [-0.3, -0.25) is 9.79 Å². The van der Waals surface area contributed by atoms with Gasteiger partial charge in [0.05, 0.1) is 5.69 Å². The fraction of sp³-hybridized carbons (Fsp3) is 0.200. The predicted molar refractivity (Wildman–Crippen MR) is 98.4 cm³/mol. The van der Waals surface area contributed by atoms with Crippen LogP contribution in [0.15, 0.2) is 65.7 Å². The Bertz CT molecular complexity index is 808. The maximum Gasteiger partial charge on any atom is 0.237 e. The fourth-order valence-electron chi connectivity index (χ4n) is 3.17. The summed E-state index contributed by atoms with van der Waals surface area (Å²) in [4.78, 5) is 18.9. The van der Waals surface area contributed by atoms with E-state index in [9.17, 15) is 4.79 Å². The first-order chi connectivity index (χ1) is 11.8. The Morgan fingerprint density at radius 2 is 1.92 bits per heavy atom. The second kappa shape index (κ2) is 6.32. The smallest absolute Gasteiger partial charge is 0.237 e. The van der Waals surface area contributed by atoms with Crippen LogP contribution in [0.1, 0.15) is 17.9 Å². The van der Waals surface area contributed by atoms with Crippen LogP contribution in [-0.2, 0) is 4.79 Å². The molecule has 4 rings (SSSR count). The number of nitrogens with zero attached hydrogens (tertiary/aromatic N) is 2. The largest absolute Gasteiger partial charge is 0.367 e.